The topological polar surface area (TPSA) is 92.0 Å². The average Bonchev–Trinajstić information content (AvgIpc) is 2.75. The van der Waals surface area contributed by atoms with Crippen LogP contribution in [0.3, 0.4) is 0 Å². The molecule has 0 aliphatic carbocycles. The van der Waals surface area contributed by atoms with Gasteiger partial charge in [-0.05, 0) is 17.7 Å². The summed E-state index contributed by atoms with van der Waals surface area (Å²) in [4.78, 5) is 37.5. The van der Waals surface area contributed by atoms with Crippen molar-refractivity contribution in [3.05, 3.63) is 70.1 Å². The molecule has 0 amide bonds. The maximum Gasteiger partial charge on any atom is 0.336 e. The second-order valence-electron chi connectivity index (χ2n) is 6.27. The van der Waals surface area contributed by atoms with Gasteiger partial charge in [-0.3, -0.25) is 9.59 Å². The first-order valence-corrected chi connectivity index (χ1v) is 8.85. The molecule has 3 aromatic rings. The summed E-state index contributed by atoms with van der Waals surface area (Å²) in [5.41, 5.74) is 0.247. The molecule has 2 aromatic carbocycles. The minimum Gasteiger partial charge on any atom is -0.493 e. The molecule has 0 saturated heterocycles. The van der Waals surface area contributed by atoms with E-state index in [0.29, 0.717) is 22.3 Å². The molecule has 0 aliphatic heterocycles. The van der Waals surface area contributed by atoms with Crippen molar-refractivity contribution < 1.29 is 28.2 Å². The quantitative estimate of drug-likeness (QED) is 0.344. The predicted octanol–water partition coefficient (Wildman–Crippen LogP) is 3.34. The summed E-state index contributed by atoms with van der Waals surface area (Å²) in [6.45, 7) is 0. The standard InChI is InChI=1S/C22H20O7/c1-26-18-10-9-14-15(12-19(24)29-20(14)21(18)27-2)16(22(25)28-3)11-17(23)13-7-5-4-6-8-13/h4-10,12,16H,11H2,1-3H3/t16-/m1/s1. The van der Waals surface area contributed by atoms with Gasteiger partial charge in [0.2, 0.25) is 5.75 Å². The van der Waals surface area contributed by atoms with Gasteiger partial charge in [0.25, 0.3) is 0 Å². The van der Waals surface area contributed by atoms with Crippen molar-refractivity contribution in [1.29, 1.82) is 0 Å². The largest absolute Gasteiger partial charge is 0.493 e. The summed E-state index contributed by atoms with van der Waals surface area (Å²) in [6, 6.07) is 13.1. The van der Waals surface area contributed by atoms with E-state index in [4.69, 9.17) is 18.6 Å². The highest BCUT2D eigenvalue weighted by atomic mass is 16.5. The molecule has 1 heterocycles. The fraction of sp³-hybridized carbons (Fsp3) is 0.227. The summed E-state index contributed by atoms with van der Waals surface area (Å²) in [5, 5.41) is 0.457. The lowest BCUT2D eigenvalue weighted by molar-refractivity contribution is -0.142. The Morgan fingerprint density at radius 1 is 1.00 bits per heavy atom. The lowest BCUT2D eigenvalue weighted by Gasteiger charge is -2.17. The molecule has 3 rings (SSSR count). The van der Waals surface area contributed by atoms with Crippen molar-refractivity contribution in [3.8, 4) is 11.5 Å². The van der Waals surface area contributed by atoms with Gasteiger partial charge in [0, 0.05) is 23.4 Å². The van der Waals surface area contributed by atoms with Gasteiger partial charge in [-0.2, -0.15) is 0 Å². The second-order valence-corrected chi connectivity index (χ2v) is 6.27. The molecule has 0 saturated carbocycles. The molecule has 0 unspecified atom stereocenters. The van der Waals surface area contributed by atoms with Crippen LogP contribution in [0.2, 0.25) is 0 Å². The van der Waals surface area contributed by atoms with Crippen LogP contribution in [0.4, 0.5) is 0 Å². The number of carbonyl (C=O) groups is 2. The summed E-state index contributed by atoms with van der Waals surface area (Å²) in [6.07, 6.45) is -0.163. The van der Waals surface area contributed by atoms with Gasteiger partial charge in [-0.25, -0.2) is 4.79 Å². The van der Waals surface area contributed by atoms with Gasteiger partial charge in [-0.15, -0.1) is 0 Å². The van der Waals surface area contributed by atoms with Gasteiger partial charge < -0.3 is 18.6 Å². The third-order valence-electron chi connectivity index (χ3n) is 4.63. The van der Waals surface area contributed by atoms with E-state index in [0.717, 1.165) is 0 Å². The monoisotopic (exact) mass is 396 g/mol. The van der Waals surface area contributed by atoms with Crippen LogP contribution < -0.4 is 15.1 Å². The Labute approximate surface area is 166 Å². The number of rotatable bonds is 7. The van der Waals surface area contributed by atoms with Crippen LogP contribution in [-0.2, 0) is 9.53 Å². The Hall–Kier alpha value is -3.61. The zero-order chi connectivity index (χ0) is 21.0. The fourth-order valence-corrected chi connectivity index (χ4v) is 3.24. The van der Waals surface area contributed by atoms with E-state index in [2.05, 4.69) is 0 Å². The first kappa shape index (κ1) is 20.1. The number of hydrogen-bond acceptors (Lipinski definition) is 7. The number of hydrogen-bond donors (Lipinski definition) is 0. The normalized spacial score (nSPS) is 11.7. The maximum atomic E-state index is 12.7. The first-order valence-electron chi connectivity index (χ1n) is 8.85. The van der Waals surface area contributed by atoms with Crippen LogP contribution in [0.25, 0.3) is 11.0 Å². The molecule has 0 radical (unpaired) electrons. The summed E-state index contributed by atoms with van der Waals surface area (Å²) in [5.74, 6) is -1.27. The number of carbonyl (C=O) groups excluding carboxylic acids is 2. The molecule has 0 fully saturated rings. The second kappa shape index (κ2) is 8.60. The number of ether oxygens (including phenoxy) is 3. The van der Waals surface area contributed by atoms with Gasteiger partial charge in [0.1, 0.15) is 0 Å². The van der Waals surface area contributed by atoms with Crippen molar-refractivity contribution in [1.82, 2.24) is 0 Å². The molecule has 0 aliphatic rings. The summed E-state index contributed by atoms with van der Waals surface area (Å²) < 4.78 is 20.8. The van der Waals surface area contributed by atoms with Crippen molar-refractivity contribution in [2.45, 2.75) is 12.3 Å². The zero-order valence-electron chi connectivity index (χ0n) is 16.3. The molecule has 150 valence electrons. The number of Topliss-reactive ketones (excluding diaryl/α,β-unsaturated/α-hetero) is 1. The van der Waals surface area contributed by atoms with E-state index in [1.54, 1.807) is 42.5 Å². The lowest BCUT2D eigenvalue weighted by Crippen LogP contribution is -2.20. The molecule has 0 spiro atoms. The molecule has 1 aromatic heterocycles. The van der Waals surface area contributed by atoms with Crippen molar-refractivity contribution in [2.75, 3.05) is 21.3 Å². The fourth-order valence-electron chi connectivity index (χ4n) is 3.24. The molecule has 29 heavy (non-hydrogen) atoms. The molecule has 7 nitrogen and oxygen atoms in total. The van der Waals surface area contributed by atoms with Crippen LogP contribution in [-0.4, -0.2) is 33.1 Å². The third-order valence-corrected chi connectivity index (χ3v) is 4.63. The zero-order valence-corrected chi connectivity index (χ0v) is 16.3. The van der Waals surface area contributed by atoms with Gasteiger partial charge >= 0.3 is 11.6 Å². The number of benzene rings is 2. The van der Waals surface area contributed by atoms with Crippen LogP contribution >= 0.6 is 0 Å². The van der Waals surface area contributed by atoms with Crippen LogP contribution in [0, 0.1) is 0 Å². The van der Waals surface area contributed by atoms with Crippen LogP contribution in [0.1, 0.15) is 28.3 Å². The number of esters is 1. The van der Waals surface area contributed by atoms with Gasteiger partial charge in [0.15, 0.2) is 17.1 Å². The SMILES string of the molecule is COC(=O)[C@H](CC(=O)c1ccccc1)c1cc(=O)oc2c(OC)c(OC)ccc12. The molecule has 0 N–H and O–H groups in total. The molecule has 7 heteroatoms. The van der Waals surface area contributed by atoms with E-state index in [-0.39, 0.29) is 23.5 Å². The van der Waals surface area contributed by atoms with Crippen molar-refractivity contribution in [3.63, 3.8) is 0 Å². The first-order chi connectivity index (χ1) is 14.0. The predicted molar refractivity (Wildman–Crippen MR) is 106 cm³/mol. The maximum absolute atomic E-state index is 12.7. The van der Waals surface area contributed by atoms with Crippen LogP contribution in [0.5, 0.6) is 11.5 Å². The van der Waals surface area contributed by atoms with E-state index >= 15 is 0 Å². The van der Waals surface area contributed by atoms with E-state index in [9.17, 15) is 14.4 Å². The lowest BCUT2D eigenvalue weighted by atomic mass is 9.89. The minimum absolute atomic E-state index is 0.135. The highest BCUT2D eigenvalue weighted by molar-refractivity contribution is 6.01. The minimum atomic E-state index is -0.989. The molecular weight excluding hydrogens is 376 g/mol. The summed E-state index contributed by atoms with van der Waals surface area (Å²) >= 11 is 0. The number of methoxy groups -OCH3 is 3. The molecule has 0 bridgehead atoms. The van der Waals surface area contributed by atoms with Crippen molar-refractivity contribution >= 4 is 22.7 Å². The average molecular weight is 396 g/mol. The molecule has 1 atom stereocenters. The van der Waals surface area contributed by atoms with Crippen LogP contribution in [0.15, 0.2) is 57.7 Å². The highest BCUT2D eigenvalue weighted by Gasteiger charge is 2.29. The van der Waals surface area contributed by atoms with E-state index in [1.165, 1.54) is 27.4 Å². The van der Waals surface area contributed by atoms with E-state index in [1.807, 2.05) is 0 Å². The molecular formula is C22H20O7. The van der Waals surface area contributed by atoms with Gasteiger partial charge in [-0.1, -0.05) is 30.3 Å². The number of ketones is 1. The smallest absolute Gasteiger partial charge is 0.336 e. The summed E-state index contributed by atoms with van der Waals surface area (Å²) in [7, 11) is 4.11. The Kier molecular flexibility index (Phi) is 5.97. The Morgan fingerprint density at radius 3 is 2.34 bits per heavy atom. The Balaban J connectivity index is 2.16. The number of fused-ring (bicyclic) bond motifs is 1. The van der Waals surface area contributed by atoms with Crippen molar-refractivity contribution in [2.24, 2.45) is 0 Å². The Bertz CT molecular complexity index is 1100. The highest BCUT2D eigenvalue weighted by Crippen LogP contribution is 2.38. The van der Waals surface area contributed by atoms with E-state index < -0.39 is 17.5 Å². The Morgan fingerprint density at radius 2 is 1.72 bits per heavy atom. The third kappa shape index (κ3) is 3.99. The van der Waals surface area contributed by atoms with Gasteiger partial charge in [0.05, 0.1) is 27.2 Å².